The highest BCUT2D eigenvalue weighted by Crippen LogP contribution is 2.31. The van der Waals surface area contributed by atoms with Gasteiger partial charge in [0, 0.05) is 15.6 Å². The Morgan fingerprint density at radius 1 is 1.00 bits per heavy atom. The normalized spacial score (nSPS) is 14.9. The number of hydrogen-bond acceptors (Lipinski definition) is 4. The summed E-state index contributed by atoms with van der Waals surface area (Å²) in [6.07, 6.45) is 1.60. The molecular weight excluding hydrogens is 569 g/mol. The lowest BCUT2D eigenvalue weighted by Gasteiger charge is -2.26. The number of urea groups is 1. The second kappa shape index (κ2) is 10.3. The molecule has 1 aliphatic heterocycles. The molecule has 1 fully saturated rings. The van der Waals surface area contributed by atoms with Gasteiger partial charge < -0.3 is 4.74 Å². The van der Waals surface area contributed by atoms with Crippen molar-refractivity contribution in [2.45, 2.75) is 13.3 Å². The lowest BCUT2D eigenvalue weighted by atomic mass is 10.00. The molecule has 9 heteroatoms. The third-order valence-electron chi connectivity index (χ3n) is 5.31. The van der Waals surface area contributed by atoms with E-state index in [2.05, 4.69) is 27.9 Å². The molecule has 0 bridgehead atoms. The number of benzene rings is 3. The van der Waals surface area contributed by atoms with Gasteiger partial charge in [-0.05, 0) is 77.0 Å². The van der Waals surface area contributed by atoms with E-state index in [-0.39, 0.29) is 23.5 Å². The van der Waals surface area contributed by atoms with Crippen LogP contribution in [0.25, 0.3) is 6.08 Å². The fraction of sp³-hybridized carbons (Fsp3) is 0.115. The zero-order valence-corrected chi connectivity index (χ0v) is 20.6. The number of halogens is 3. The lowest BCUT2D eigenvalue weighted by Crippen LogP contribution is -2.54. The predicted molar refractivity (Wildman–Crippen MR) is 135 cm³/mol. The Hall–Kier alpha value is -3.60. The summed E-state index contributed by atoms with van der Waals surface area (Å²) < 4.78 is 35.0. The van der Waals surface area contributed by atoms with Crippen molar-refractivity contribution in [1.29, 1.82) is 0 Å². The summed E-state index contributed by atoms with van der Waals surface area (Å²) in [6.45, 7) is 2.15. The Morgan fingerprint density at radius 2 is 1.69 bits per heavy atom. The van der Waals surface area contributed by atoms with Gasteiger partial charge in [-0.3, -0.25) is 14.9 Å². The maximum Gasteiger partial charge on any atom is 0.336 e. The molecule has 1 heterocycles. The van der Waals surface area contributed by atoms with Crippen molar-refractivity contribution in [2.24, 2.45) is 0 Å². The van der Waals surface area contributed by atoms with E-state index in [4.69, 9.17) is 4.74 Å². The molecule has 0 aromatic heterocycles. The van der Waals surface area contributed by atoms with Gasteiger partial charge in [0.05, 0.1) is 12.3 Å². The first kappa shape index (κ1) is 24.5. The minimum Gasteiger partial charge on any atom is -0.494 e. The molecule has 0 saturated carbocycles. The molecule has 6 nitrogen and oxygen atoms in total. The number of hydrogen-bond donors (Lipinski definition) is 1. The summed E-state index contributed by atoms with van der Waals surface area (Å²) in [5.74, 6) is -2.49. The highest BCUT2D eigenvalue weighted by molar-refractivity contribution is 14.1. The van der Waals surface area contributed by atoms with Crippen molar-refractivity contribution >= 4 is 52.2 Å². The van der Waals surface area contributed by atoms with E-state index in [9.17, 15) is 23.2 Å². The third-order valence-corrected chi connectivity index (χ3v) is 6.27. The van der Waals surface area contributed by atoms with Gasteiger partial charge in [-0.25, -0.2) is 18.5 Å². The highest BCUT2D eigenvalue weighted by atomic mass is 127. The molecule has 3 aromatic rings. The molecule has 1 saturated heterocycles. The molecule has 1 aliphatic rings. The smallest absolute Gasteiger partial charge is 0.336 e. The van der Waals surface area contributed by atoms with E-state index in [1.807, 2.05) is 0 Å². The van der Waals surface area contributed by atoms with Crippen LogP contribution >= 0.6 is 22.6 Å². The molecule has 0 spiro atoms. The average Bonchev–Trinajstić information content (AvgIpc) is 2.81. The van der Waals surface area contributed by atoms with Crippen LogP contribution in [-0.2, 0) is 16.0 Å². The maximum atomic E-state index is 14.3. The van der Waals surface area contributed by atoms with Crippen LogP contribution in [-0.4, -0.2) is 24.5 Å². The molecule has 0 radical (unpaired) electrons. The van der Waals surface area contributed by atoms with Crippen LogP contribution in [0, 0.1) is 15.2 Å². The fourth-order valence-electron chi connectivity index (χ4n) is 3.68. The number of rotatable bonds is 6. The first-order valence-corrected chi connectivity index (χ1v) is 11.7. The zero-order valence-electron chi connectivity index (χ0n) is 18.5. The summed E-state index contributed by atoms with van der Waals surface area (Å²) in [7, 11) is 0. The topological polar surface area (TPSA) is 75.7 Å². The number of amides is 4. The molecular formula is C26H19F2IN2O4. The van der Waals surface area contributed by atoms with Crippen molar-refractivity contribution in [1.82, 2.24) is 5.32 Å². The van der Waals surface area contributed by atoms with Gasteiger partial charge in [-0.15, -0.1) is 0 Å². The quantitative estimate of drug-likeness (QED) is 0.243. The highest BCUT2D eigenvalue weighted by Gasteiger charge is 2.38. The van der Waals surface area contributed by atoms with Crippen LogP contribution in [0.3, 0.4) is 0 Å². The molecule has 4 amide bonds. The van der Waals surface area contributed by atoms with Crippen LogP contribution in [0.4, 0.5) is 19.3 Å². The van der Waals surface area contributed by atoms with Crippen LogP contribution in [0.5, 0.6) is 5.75 Å². The number of nitrogens with one attached hydrogen (secondary N) is 1. The van der Waals surface area contributed by atoms with Gasteiger partial charge in [-0.2, -0.15) is 0 Å². The molecule has 0 aliphatic carbocycles. The summed E-state index contributed by atoms with van der Waals surface area (Å²) in [5, 5.41) is 2.08. The molecule has 3 aromatic carbocycles. The second-order valence-corrected chi connectivity index (χ2v) is 8.75. The Labute approximate surface area is 213 Å². The SMILES string of the molecule is CCOc1cc(/C=C2/C(=O)NC(=O)N(c3ccccc3F)C2=O)cc(I)c1Cc1ccccc1F. The van der Waals surface area contributed by atoms with Gasteiger partial charge in [0.25, 0.3) is 11.8 Å². The molecule has 0 unspecified atom stereocenters. The summed E-state index contributed by atoms with van der Waals surface area (Å²) in [4.78, 5) is 38.5. The Balaban J connectivity index is 1.74. The number of barbiturate groups is 1. The van der Waals surface area contributed by atoms with E-state index in [0.29, 0.717) is 28.4 Å². The largest absolute Gasteiger partial charge is 0.494 e. The van der Waals surface area contributed by atoms with Gasteiger partial charge in [0.2, 0.25) is 0 Å². The number of ether oxygens (including phenoxy) is 1. The van der Waals surface area contributed by atoms with E-state index >= 15 is 0 Å². The average molecular weight is 588 g/mol. The van der Waals surface area contributed by atoms with Crippen molar-refractivity contribution in [2.75, 3.05) is 11.5 Å². The van der Waals surface area contributed by atoms with E-state index in [0.717, 1.165) is 15.2 Å². The Morgan fingerprint density at radius 3 is 2.37 bits per heavy atom. The Bertz CT molecular complexity index is 1370. The van der Waals surface area contributed by atoms with Crippen LogP contribution in [0.15, 0.2) is 66.2 Å². The molecule has 178 valence electrons. The van der Waals surface area contributed by atoms with Crippen LogP contribution in [0.1, 0.15) is 23.6 Å². The lowest BCUT2D eigenvalue weighted by molar-refractivity contribution is -0.122. The summed E-state index contributed by atoms with van der Waals surface area (Å²) in [5.41, 5.74) is 1.10. The number of carbonyl (C=O) groups is 3. The number of imide groups is 2. The fourth-order valence-corrected chi connectivity index (χ4v) is 4.49. The second-order valence-electron chi connectivity index (χ2n) is 7.59. The van der Waals surface area contributed by atoms with Crippen molar-refractivity contribution in [3.8, 4) is 5.75 Å². The van der Waals surface area contributed by atoms with Crippen molar-refractivity contribution < 1.29 is 27.9 Å². The van der Waals surface area contributed by atoms with Crippen molar-refractivity contribution in [3.63, 3.8) is 0 Å². The van der Waals surface area contributed by atoms with Gasteiger partial charge in [-0.1, -0.05) is 30.3 Å². The van der Waals surface area contributed by atoms with Crippen molar-refractivity contribution in [3.05, 3.63) is 98.1 Å². The van der Waals surface area contributed by atoms with Gasteiger partial charge in [0.1, 0.15) is 23.0 Å². The van der Waals surface area contributed by atoms with Crippen LogP contribution in [0.2, 0.25) is 0 Å². The molecule has 0 atom stereocenters. The number of anilines is 1. The van der Waals surface area contributed by atoms with E-state index < -0.39 is 23.7 Å². The van der Waals surface area contributed by atoms with Gasteiger partial charge in [0.15, 0.2) is 0 Å². The predicted octanol–water partition coefficient (Wildman–Crippen LogP) is 5.23. The minimum atomic E-state index is -1.04. The monoisotopic (exact) mass is 588 g/mol. The van der Waals surface area contributed by atoms with Crippen LogP contribution < -0.4 is 15.0 Å². The molecule has 1 N–H and O–H groups in total. The molecule has 4 rings (SSSR count). The third kappa shape index (κ3) is 5.09. The standard InChI is InChI=1S/C26H19F2IN2O4/c1-2-35-23-13-15(12-21(29)17(23)14-16-7-3-4-8-19(16)27)11-18-24(32)30-26(34)31(25(18)33)22-10-6-5-9-20(22)28/h3-13H,2,14H2,1H3,(H,30,32,34)/b18-11-. The first-order valence-electron chi connectivity index (χ1n) is 10.6. The van der Waals surface area contributed by atoms with Gasteiger partial charge >= 0.3 is 6.03 Å². The Kier molecular flexibility index (Phi) is 7.25. The maximum absolute atomic E-state index is 14.3. The number of nitrogens with zero attached hydrogens (tertiary/aromatic N) is 1. The van der Waals surface area contributed by atoms with E-state index in [1.54, 1.807) is 37.3 Å². The zero-order chi connectivity index (χ0) is 25.1. The summed E-state index contributed by atoms with van der Waals surface area (Å²) >= 11 is 2.08. The number of carbonyl (C=O) groups excluding carboxylic acids is 3. The number of para-hydroxylation sites is 1. The first-order chi connectivity index (χ1) is 16.8. The summed E-state index contributed by atoms with van der Waals surface area (Å²) in [6, 6.07) is 14.0. The van der Waals surface area contributed by atoms with E-state index in [1.165, 1.54) is 30.3 Å². The minimum absolute atomic E-state index is 0.266. The molecule has 35 heavy (non-hydrogen) atoms.